The molecule has 1 N–H and O–H groups in total. The third kappa shape index (κ3) is 6.26. The van der Waals surface area contributed by atoms with Crippen molar-refractivity contribution in [2.75, 3.05) is 6.61 Å². The zero-order chi connectivity index (χ0) is 28.2. The van der Waals surface area contributed by atoms with Gasteiger partial charge in [0.2, 0.25) is 0 Å². The van der Waals surface area contributed by atoms with Crippen LogP contribution in [-0.4, -0.2) is 26.9 Å². The zero-order valence-corrected chi connectivity index (χ0v) is 23.4. The lowest BCUT2D eigenvalue weighted by Crippen LogP contribution is -2.24. The molecule has 1 atom stereocenters. The van der Waals surface area contributed by atoms with Crippen LogP contribution in [0.15, 0.2) is 95.9 Å². The first-order chi connectivity index (χ1) is 20.0. The molecule has 7 nitrogen and oxygen atoms in total. The van der Waals surface area contributed by atoms with Crippen LogP contribution in [0.3, 0.4) is 0 Å². The Morgan fingerprint density at radius 2 is 1.80 bits per heavy atom. The fourth-order valence-electron chi connectivity index (χ4n) is 5.32. The van der Waals surface area contributed by atoms with Gasteiger partial charge in [-0.15, -0.1) is 0 Å². The molecule has 41 heavy (non-hydrogen) atoms. The predicted octanol–water partition coefficient (Wildman–Crippen LogP) is 6.12. The first-order valence-corrected chi connectivity index (χ1v) is 14.3. The standard InChI is InChI=1S/C33H31ClN4O3/c34-27-14-15-30-28(20-27)29(36-38(30)32-9-2-4-17-41-32)21-35-33(40)26-7-5-6-25(19-26)18-23-10-12-24(13-11-23)22-37-16-3-1-8-31(37)39/h1,3,5-8,10-16,19-20,32H,2,4,9,17-18,21-22H2,(H,35,40). The van der Waals surface area contributed by atoms with Crippen LogP contribution in [0, 0.1) is 0 Å². The highest BCUT2D eigenvalue weighted by molar-refractivity contribution is 6.31. The quantitative estimate of drug-likeness (QED) is 0.245. The van der Waals surface area contributed by atoms with E-state index in [4.69, 9.17) is 21.4 Å². The molecule has 8 heteroatoms. The molecule has 0 radical (unpaired) electrons. The topological polar surface area (TPSA) is 78.2 Å². The zero-order valence-electron chi connectivity index (χ0n) is 22.6. The molecule has 1 aliphatic rings. The number of carbonyl (C=O) groups is 1. The number of rotatable bonds is 8. The fourth-order valence-corrected chi connectivity index (χ4v) is 5.49. The van der Waals surface area contributed by atoms with Crippen LogP contribution in [0.5, 0.6) is 0 Å². The number of halogens is 1. The first kappa shape index (κ1) is 27.0. The van der Waals surface area contributed by atoms with Crippen LogP contribution in [-0.2, 0) is 24.2 Å². The summed E-state index contributed by atoms with van der Waals surface area (Å²) < 4.78 is 9.59. The van der Waals surface area contributed by atoms with Gasteiger partial charge in [0, 0.05) is 34.8 Å². The Morgan fingerprint density at radius 1 is 0.951 bits per heavy atom. The minimum Gasteiger partial charge on any atom is -0.356 e. The highest BCUT2D eigenvalue weighted by atomic mass is 35.5. The number of benzene rings is 3. The molecule has 6 rings (SSSR count). The molecule has 0 aliphatic carbocycles. The molecule has 5 aromatic rings. The Morgan fingerprint density at radius 3 is 2.61 bits per heavy atom. The number of amides is 1. The smallest absolute Gasteiger partial charge is 0.251 e. The van der Waals surface area contributed by atoms with Gasteiger partial charge < -0.3 is 14.6 Å². The molecule has 0 saturated carbocycles. The van der Waals surface area contributed by atoms with Gasteiger partial charge in [-0.2, -0.15) is 5.10 Å². The molecule has 1 fully saturated rings. The molecule has 1 saturated heterocycles. The maximum absolute atomic E-state index is 13.2. The lowest BCUT2D eigenvalue weighted by Gasteiger charge is -2.23. The summed E-state index contributed by atoms with van der Waals surface area (Å²) in [6, 6.07) is 26.8. The van der Waals surface area contributed by atoms with E-state index in [0.29, 0.717) is 23.6 Å². The maximum Gasteiger partial charge on any atom is 0.251 e. The SMILES string of the molecule is O=C(NCc1nn(C2CCCCO2)c2ccc(Cl)cc12)c1cccc(Cc2ccc(Cn3ccccc3=O)cc2)c1. The van der Waals surface area contributed by atoms with Gasteiger partial charge in [0.05, 0.1) is 24.3 Å². The van der Waals surface area contributed by atoms with Crippen LogP contribution in [0.1, 0.15) is 58.2 Å². The van der Waals surface area contributed by atoms with Crippen molar-refractivity contribution in [2.24, 2.45) is 0 Å². The summed E-state index contributed by atoms with van der Waals surface area (Å²) in [4.78, 5) is 25.2. The summed E-state index contributed by atoms with van der Waals surface area (Å²) in [5.41, 5.74) is 5.52. The van der Waals surface area contributed by atoms with Gasteiger partial charge >= 0.3 is 0 Å². The van der Waals surface area contributed by atoms with Gasteiger partial charge in [0.15, 0.2) is 6.23 Å². The second-order valence-electron chi connectivity index (χ2n) is 10.4. The second-order valence-corrected chi connectivity index (χ2v) is 10.9. The summed E-state index contributed by atoms with van der Waals surface area (Å²) in [5, 5.41) is 9.42. The Balaban J connectivity index is 1.13. The van der Waals surface area contributed by atoms with Gasteiger partial charge in [-0.1, -0.05) is 54.1 Å². The number of hydrogen-bond acceptors (Lipinski definition) is 4. The van der Waals surface area contributed by atoms with E-state index in [-0.39, 0.29) is 24.2 Å². The van der Waals surface area contributed by atoms with E-state index in [9.17, 15) is 9.59 Å². The van der Waals surface area contributed by atoms with E-state index in [2.05, 4.69) is 17.4 Å². The van der Waals surface area contributed by atoms with E-state index < -0.39 is 0 Å². The molecule has 2 aromatic heterocycles. The van der Waals surface area contributed by atoms with E-state index in [1.54, 1.807) is 22.9 Å². The van der Waals surface area contributed by atoms with Gasteiger partial charge in [0.25, 0.3) is 11.5 Å². The van der Waals surface area contributed by atoms with E-state index in [1.807, 2.05) is 65.3 Å². The van der Waals surface area contributed by atoms with Crippen molar-refractivity contribution < 1.29 is 9.53 Å². The van der Waals surface area contributed by atoms with Crippen LogP contribution in [0.4, 0.5) is 0 Å². The average Bonchev–Trinajstić information content (AvgIpc) is 3.36. The largest absolute Gasteiger partial charge is 0.356 e. The Hall–Kier alpha value is -4.20. The fraction of sp³-hybridized carbons (Fsp3) is 0.242. The molecule has 0 bridgehead atoms. The molecule has 3 heterocycles. The van der Waals surface area contributed by atoms with Crippen molar-refractivity contribution in [3.63, 3.8) is 0 Å². The second kappa shape index (κ2) is 12.1. The normalized spacial score (nSPS) is 15.2. The summed E-state index contributed by atoms with van der Waals surface area (Å²) in [5.74, 6) is -0.158. The first-order valence-electron chi connectivity index (χ1n) is 13.9. The third-order valence-electron chi connectivity index (χ3n) is 7.46. The monoisotopic (exact) mass is 566 g/mol. The number of nitrogens with one attached hydrogen (secondary N) is 1. The minimum absolute atomic E-state index is 0.0183. The summed E-state index contributed by atoms with van der Waals surface area (Å²) in [7, 11) is 0. The van der Waals surface area contributed by atoms with Crippen LogP contribution < -0.4 is 10.9 Å². The number of pyridine rings is 1. The third-order valence-corrected chi connectivity index (χ3v) is 7.70. The number of ether oxygens (including phenoxy) is 1. The van der Waals surface area contributed by atoms with Crippen LogP contribution in [0.2, 0.25) is 5.02 Å². The number of aromatic nitrogens is 3. The van der Waals surface area contributed by atoms with Gasteiger partial charge in [0.1, 0.15) is 0 Å². The van der Waals surface area contributed by atoms with Crippen molar-refractivity contribution in [3.8, 4) is 0 Å². The highest BCUT2D eigenvalue weighted by Gasteiger charge is 2.21. The van der Waals surface area contributed by atoms with Crippen molar-refractivity contribution in [2.45, 2.75) is 45.0 Å². The lowest BCUT2D eigenvalue weighted by molar-refractivity contribution is -0.0369. The van der Waals surface area contributed by atoms with Crippen molar-refractivity contribution >= 4 is 28.4 Å². The molecule has 1 amide bonds. The molecule has 208 valence electrons. The minimum atomic E-state index is -0.158. The van der Waals surface area contributed by atoms with Crippen molar-refractivity contribution in [3.05, 3.63) is 134 Å². The molecular weight excluding hydrogens is 536 g/mol. The number of nitrogens with zero attached hydrogens (tertiary/aromatic N) is 3. The Labute approximate surface area is 243 Å². The van der Waals surface area contributed by atoms with Crippen molar-refractivity contribution in [1.82, 2.24) is 19.7 Å². The maximum atomic E-state index is 13.2. The van der Waals surface area contributed by atoms with E-state index in [0.717, 1.165) is 59.2 Å². The molecular formula is C33H31ClN4O3. The molecule has 1 aliphatic heterocycles. The van der Waals surface area contributed by atoms with Crippen LogP contribution >= 0.6 is 11.6 Å². The number of carbonyl (C=O) groups excluding carboxylic acids is 1. The predicted molar refractivity (Wildman–Crippen MR) is 160 cm³/mol. The number of fused-ring (bicyclic) bond motifs is 1. The highest BCUT2D eigenvalue weighted by Crippen LogP contribution is 2.30. The average molecular weight is 567 g/mol. The lowest BCUT2D eigenvalue weighted by atomic mass is 10.0. The molecule has 1 unspecified atom stereocenters. The van der Waals surface area contributed by atoms with E-state index in [1.165, 1.54) is 0 Å². The Bertz CT molecular complexity index is 1740. The molecule has 0 spiro atoms. The Kier molecular flexibility index (Phi) is 7.98. The molecule has 3 aromatic carbocycles. The van der Waals surface area contributed by atoms with Crippen LogP contribution in [0.25, 0.3) is 10.9 Å². The summed E-state index contributed by atoms with van der Waals surface area (Å²) >= 11 is 6.31. The van der Waals surface area contributed by atoms with E-state index >= 15 is 0 Å². The summed E-state index contributed by atoms with van der Waals surface area (Å²) in [6.45, 7) is 1.54. The van der Waals surface area contributed by atoms with Crippen molar-refractivity contribution in [1.29, 1.82) is 0 Å². The summed E-state index contributed by atoms with van der Waals surface area (Å²) in [6.07, 6.45) is 5.45. The van der Waals surface area contributed by atoms with Gasteiger partial charge in [-0.3, -0.25) is 9.59 Å². The number of hydrogen-bond donors (Lipinski definition) is 1. The van der Waals surface area contributed by atoms with Gasteiger partial charge in [-0.25, -0.2) is 4.68 Å². The van der Waals surface area contributed by atoms with Gasteiger partial charge in [-0.05, 0) is 78.8 Å².